The van der Waals surface area contributed by atoms with Gasteiger partial charge >= 0.3 is 0 Å². The Bertz CT molecular complexity index is 173. The van der Waals surface area contributed by atoms with Gasteiger partial charge in [0.15, 0.2) is 0 Å². The Hall–Kier alpha value is 0.270. The first-order valence-corrected chi connectivity index (χ1v) is 8.96. The van der Waals surface area contributed by atoms with Gasteiger partial charge in [0, 0.05) is 17.5 Å². The Kier molecular flexibility index (Phi) is 10.1. The summed E-state index contributed by atoms with van der Waals surface area (Å²) in [7, 11) is 0. The maximum absolute atomic E-state index is 3.45. The fraction of sp³-hybridized carbons (Fsp3) is 1.00. The summed E-state index contributed by atoms with van der Waals surface area (Å²) < 4.78 is 0. The van der Waals surface area contributed by atoms with Gasteiger partial charge in [0.05, 0.1) is 0 Å². The van der Waals surface area contributed by atoms with Crippen molar-refractivity contribution in [1.29, 1.82) is 0 Å². The van der Waals surface area contributed by atoms with Gasteiger partial charge < -0.3 is 10.2 Å². The first-order chi connectivity index (χ1) is 8.86. The summed E-state index contributed by atoms with van der Waals surface area (Å²) in [6, 6.07) is 0. The van der Waals surface area contributed by atoms with Crippen molar-refractivity contribution in [2.45, 2.75) is 57.6 Å². The largest absolute Gasteiger partial charge is 0.317 e. The van der Waals surface area contributed by atoms with Crippen LogP contribution in [0, 0.1) is 0 Å². The first kappa shape index (κ1) is 16.3. The normalized spacial score (nSPS) is 17.5. The minimum absolute atomic E-state index is 0.922. The minimum atomic E-state index is 0.922. The molecule has 108 valence electrons. The highest BCUT2D eigenvalue weighted by atomic mass is 32.2. The van der Waals surface area contributed by atoms with Gasteiger partial charge in [-0.1, -0.05) is 26.7 Å². The maximum atomic E-state index is 3.45. The lowest BCUT2D eigenvalue weighted by molar-refractivity contribution is 0.281. The Labute approximate surface area is 118 Å². The summed E-state index contributed by atoms with van der Waals surface area (Å²) in [5, 5.41) is 4.37. The molecule has 0 saturated carbocycles. The smallest absolute Gasteiger partial charge is 0.00724 e. The number of nitrogens with zero attached hydrogens (tertiary/aromatic N) is 1. The van der Waals surface area contributed by atoms with Crippen molar-refractivity contribution < 1.29 is 0 Å². The van der Waals surface area contributed by atoms with Crippen LogP contribution in [0.1, 0.15) is 52.4 Å². The van der Waals surface area contributed by atoms with E-state index in [1.54, 1.807) is 0 Å². The van der Waals surface area contributed by atoms with E-state index >= 15 is 0 Å². The molecule has 0 spiro atoms. The predicted molar refractivity (Wildman–Crippen MR) is 84.6 cm³/mol. The molecule has 0 aromatic rings. The fourth-order valence-electron chi connectivity index (χ4n) is 2.41. The average Bonchev–Trinajstić information content (AvgIpc) is 2.42. The number of thioether (sulfide) groups is 1. The third-order valence-electron chi connectivity index (χ3n) is 3.70. The molecule has 1 rings (SSSR count). The lowest BCUT2D eigenvalue weighted by Gasteiger charge is -2.25. The number of unbranched alkanes of at least 4 members (excludes halogenated alkanes) is 2. The standard InChI is InChI=1S/C15H32N2S/c1-3-5-11-17(12-6-4-2)13-14-18-15-7-9-16-10-8-15/h15-16H,3-14H2,1-2H3. The Morgan fingerprint density at radius 1 is 1.00 bits per heavy atom. The van der Waals surface area contributed by atoms with E-state index in [4.69, 9.17) is 0 Å². The van der Waals surface area contributed by atoms with Crippen LogP contribution in [0.15, 0.2) is 0 Å². The number of hydrogen-bond donors (Lipinski definition) is 1. The van der Waals surface area contributed by atoms with E-state index in [1.165, 1.54) is 77.0 Å². The Balaban J connectivity index is 2.10. The molecule has 1 saturated heterocycles. The van der Waals surface area contributed by atoms with Gasteiger partial charge in [-0.25, -0.2) is 0 Å². The zero-order valence-corrected chi connectivity index (χ0v) is 13.2. The molecule has 0 radical (unpaired) electrons. The molecule has 1 heterocycles. The summed E-state index contributed by atoms with van der Waals surface area (Å²) in [5.41, 5.74) is 0. The third kappa shape index (κ3) is 7.65. The van der Waals surface area contributed by atoms with Crippen molar-refractivity contribution >= 4 is 11.8 Å². The van der Waals surface area contributed by atoms with Crippen molar-refractivity contribution in [1.82, 2.24) is 10.2 Å². The van der Waals surface area contributed by atoms with Crippen LogP contribution in [0.5, 0.6) is 0 Å². The lowest BCUT2D eigenvalue weighted by atomic mass is 10.2. The minimum Gasteiger partial charge on any atom is -0.317 e. The van der Waals surface area contributed by atoms with Crippen LogP contribution >= 0.6 is 11.8 Å². The van der Waals surface area contributed by atoms with E-state index in [9.17, 15) is 0 Å². The monoisotopic (exact) mass is 272 g/mol. The van der Waals surface area contributed by atoms with Crippen molar-refractivity contribution in [2.24, 2.45) is 0 Å². The van der Waals surface area contributed by atoms with Crippen LogP contribution in [-0.2, 0) is 0 Å². The van der Waals surface area contributed by atoms with E-state index < -0.39 is 0 Å². The van der Waals surface area contributed by atoms with Crippen LogP contribution in [0.4, 0.5) is 0 Å². The van der Waals surface area contributed by atoms with Crippen molar-refractivity contribution in [3.05, 3.63) is 0 Å². The molecule has 1 aliphatic heterocycles. The SMILES string of the molecule is CCCCN(CCCC)CCSC1CCNCC1. The van der Waals surface area contributed by atoms with Crippen LogP contribution in [0.3, 0.4) is 0 Å². The second-order valence-corrected chi connectivity index (χ2v) is 6.78. The maximum Gasteiger partial charge on any atom is 0.00724 e. The molecule has 1 fully saturated rings. The van der Waals surface area contributed by atoms with Crippen LogP contribution in [0.2, 0.25) is 0 Å². The van der Waals surface area contributed by atoms with E-state index in [1.807, 2.05) is 0 Å². The van der Waals surface area contributed by atoms with Gasteiger partial charge in [-0.05, 0) is 51.9 Å². The van der Waals surface area contributed by atoms with E-state index in [2.05, 4.69) is 35.8 Å². The molecule has 1 aliphatic rings. The number of rotatable bonds is 10. The summed E-state index contributed by atoms with van der Waals surface area (Å²) >= 11 is 2.21. The quantitative estimate of drug-likeness (QED) is 0.656. The molecule has 0 unspecified atom stereocenters. The molecule has 1 N–H and O–H groups in total. The molecular formula is C15H32N2S. The fourth-order valence-corrected chi connectivity index (χ4v) is 3.68. The van der Waals surface area contributed by atoms with Crippen molar-refractivity contribution in [2.75, 3.05) is 38.5 Å². The van der Waals surface area contributed by atoms with E-state index in [-0.39, 0.29) is 0 Å². The average molecular weight is 273 g/mol. The van der Waals surface area contributed by atoms with Gasteiger partial charge in [-0.15, -0.1) is 0 Å². The zero-order valence-electron chi connectivity index (χ0n) is 12.4. The van der Waals surface area contributed by atoms with Gasteiger partial charge in [0.2, 0.25) is 0 Å². The Morgan fingerprint density at radius 3 is 2.17 bits per heavy atom. The molecule has 0 aliphatic carbocycles. The zero-order chi connectivity index (χ0) is 13.1. The van der Waals surface area contributed by atoms with Crippen LogP contribution in [-0.4, -0.2) is 48.6 Å². The molecule has 0 aromatic carbocycles. The number of hydrogen-bond acceptors (Lipinski definition) is 3. The molecular weight excluding hydrogens is 240 g/mol. The first-order valence-electron chi connectivity index (χ1n) is 7.91. The Morgan fingerprint density at radius 2 is 1.61 bits per heavy atom. The van der Waals surface area contributed by atoms with Crippen LogP contribution < -0.4 is 5.32 Å². The molecule has 18 heavy (non-hydrogen) atoms. The van der Waals surface area contributed by atoms with E-state index in [0.717, 1.165) is 5.25 Å². The summed E-state index contributed by atoms with van der Waals surface area (Å²) in [6.07, 6.45) is 8.11. The molecule has 0 aromatic heterocycles. The number of piperidine rings is 1. The van der Waals surface area contributed by atoms with Gasteiger partial charge in [0.25, 0.3) is 0 Å². The molecule has 3 heteroatoms. The topological polar surface area (TPSA) is 15.3 Å². The van der Waals surface area contributed by atoms with E-state index in [0.29, 0.717) is 0 Å². The third-order valence-corrected chi connectivity index (χ3v) is 5.06. The molecule has 2 nitrogen and oxygen atoms in total. The summed E-state index contributed by atoms with van der Waals surface area (Å²) in [4.78, 5) is 2.68. The summed E-state index contributed by atoms with van der Waals surface area (Å²) in [5.74, 6) is 1.33. The highest BCUT2D eigenvalue weighted by Gasteiger charge is 2.13. The predicted octanol–water partition coefficient (Wildman–Crippen LogP) is 3.37. The molecule has 0 bridgehead atoms. The molecule has 0 amide bonds. The van der Waals surface area contributed by atoms with Gasteiger partial charge in [0.1, 0.15) is 0 Å². The van der Waals surface area contributed by atoms with Gasteiger partial charge in [-0.3, -0.25) is 0 Å². The highest BCUT2D eigenvalue weighted by molar-refractivity contribution is 7.99. The highest BCUT2D eigenvalue weighted by Crippen LogP contribution is 2.20. The second kappa shape index (κ2) is 11.1. The molecule has 0 atom stereocenters. The lowest BCUT2D eigenvalue weighted by Crippen LogP contribution is -2.31. The van der Waals surface area contributed by atoms with Crippen molar-refractivity contribution in [3.8, 4) is 0 Å². The van der Waals surface area contributed by atoms with Crippen LogP contribution in [0.25, 0.3) is 0 Å². The van der Waals surface area contributed by atoms with Crippen molar-refractivity contribution in [3.63, 3.8) is 0 Å². The second-order valence-electron chi connectivity index (χ2n) is 5.37. The summed E-state index contributed by atoms with van der Waals surface area (Å²) in [6.45, 7) is 11.0. The number of nitrogens with one attached hydrogen (secondary N) is 1. The van der Waals surface area contributed by atoms with Gasteiger partial charge in [-0.2, -0.15) is 11.8 Å².